The molecule has 96 valence electrons. The summed E-state index contributed by atoms with van der Waals surface area (Å²) in [6, 6.07) is 0. The van der Waals surface area contributed by atoms with Crippen LogP contribution >= 0.6 is 0 Å². The third-order valence-corrected chi connectivity index (χ3v) is 2.68. The molecule has 0 aliphatic carbocycles. The average Bonchev–Trinajstić information content (AvgIpc) is 2.38. The maximum absolute atomic E-state index is 5.00. The summed E-state index contributed by atoms with van der Waals surface area (Å²) in [4.78, 5) is 8.30. The predicted molar refractivity (Wildman–Crippen MR) is 70.4 cm³/mol. The van der Waals surface area contributed by atoms with Gasteiger partial charge in [-0.05, 0) is 6.42 Å². The number of anilines is 1. The molecular weight excluding hydrogens is 214 g/mol. The second kappa shape index (κ2) is 8.79. The third kappa shape index (κ3) is 6.09. The Balaban J connectivity index is 2.05. The smallest absolute Gasteiger partial charge is 0.222 e. The summed E-state index contributed by atoms with van der Waals surface area (Å²) in [7, 11) is 1.61. The fourth-order valence-electron chi connectivity index (χ4n) is 1.62. The van der Waals surface area contributed by atoms with Crippen LogP contribution < -0.4 is 10.1 Å². The molecule has 0 saturated heterocycles. The Bertz CT molecular complexity index is 287. The van der Waals surface area contributed by atoms with Gasteiger partial charge in [-0.3, -0.25) is 0 Å². The van der Waals surface area contributed by atoms with E-state index in [0.29, 0.717) is 11.7 Å². The molecule has 0 atom stereocenters. The van der Waals surface area contributed by atoms with Crippen LogP contribution in [-0.4, -0.2) is 23.6 Å². The second-order valence-corrected chi connectivity index (χ2v) is 4.14. The van der Waals surface area contributed by atoms with Crippen LogP contribution in [0.1, 0.15) is 45.4 Å². The minimum absolute atomic E-state index is 0.680. The SMILES string of the molecule is CCCCCCCCNc1ncc(OC)cn1. The summed E-state index contributed by atoms with van der Waals surface area (Å²) in [6.45, 7) is 3.18. The van der Waals surface area contributed by atoms with Gasteiger partial charge in [0.15, 0.2) is 5.75 Å². The maximum Gasteiger partial charge on any atom is 0.222 e. The van der Waals surface area contributed by atoms with Crippen molar-refractivity contribution in [3.63, 3.8) is 0 Å². The van der Waals surface area contributed by atoms with Crippen molar-refractivity contribution < 1.29 is 4.74 Å². The topological polar surface area (TPSA) is 47.0 Å². The minimum Gasteiger partial charge on any atom is -0.494 e. The van der Waals surface area contributed by atoms with E-state index in [-0.39, 0.29) is 0 Å². The molecule has 0 amide bonds. The highest BCUT2D eigenvalue weighted by molar-refractivity contribution is 5.26. The molecule has 0 bridgehead atoms. The van der Waals surface area contributed by atoms with Crippen molar-refractivity contribution in [1.29, 1.82) is 0 Å². The number of ether oxygens (including phenoxy) is 1. The van der Waals surface area contributed by atoms with Gasteiger partial charge in [0.05, 0.1) is 19.5 Å². The van der Waals surface area contributed by atoms with Crippen LogP contribution in [0.4, 0.5) is 5.95 Å². The van der Waals surface area contributed by atoms with E-state index in [0.717, 1.165) is 6.54 Å². The lowest BCUT2D eigenvalue weighted by Crippen LogP contribution is -2.05. The first-order valence-electron chi connectivity index (χ1n) is 6.46. The largest absolute Gasteiger partial charge is 0.494 e. The third-order valence-electron chi connectivity index (χ3n) is 2.68. The molecule has 1 aromatic heterocycles. The van der Waals surface area contributed by atoms with Crippen LogP contribution in [0.25, 0.3) is 0 Å². The maximum atomic E-state index is 5.00. The first kappa shape index (κ1) is 13.7. The van der Waals surface area contributed by atoms with Crippen molar-refractivity contribution in [2.75, 3.05) is 19.0 Å². The number of nitrogens with one attached hydrogen (secondary N) is 1. The zero-order chi connectivity index (χ0) is 12.3. The molecule has 0 unspecified atom stereocenters. The Kier molecular flexibility index (Phi) is 7.11. The van der Waals surface area contributed by atoms with Crippen molar-refractivity contribution in [2.24, 2.45) is 0 Å². The summed E-state index contributed by atoms with van der Waals surface area (Å²) in [5, 5.41) is 3.21. The van der Waals surface area contributed by atoms with E-state index < -0.39 is 0 Å². The number of aromatic nitrogens is 2. The molecule has 0 spiro atoms. The van der Waals surface area contributed by atoms with Gasteiger partial charge >= 0.3 is 0 Å². The second-order valence-electron chi connectivity index (χ2n) is 4.14. The van der Waals surface area contributed by atoms with Gasteiger partial charge < -0.3 is 10.1 Å². The lowest BCUT2D eigenvalue weighted by molar-refractivity contribution is 0.411. The molecule has 0 radical (unpaired) electrons. The lowest BCUT2D eigenvalue weighted by atomic mass is 10.1. The molecule has 1 heterocycles. The van der Waals surface area contributed by atoms with Gasteiger partial charge in [-0.15, -0.1) is 0 Å². The van der Waals surface area contributed by atoms with Gasteiger partial charge in [-0.25, -0.2) is 9.97 Å². The van der Waals surface area contributed by atoms with Crippen LogP contribution in [0, 0.1) is 0 Å². The Morgan fingerprint density at radius 3 is 2.35 bits per heavy atom. The van der Waals surface area contributed by atoms with Crippen LogP contribution in [-0.2, 0) is 0 Å². The Labute approximate surface area is 104 Å². The molecule has 0 fully saturated rings. The normalized spacial score (nSPS) is 10.2. The molecule has 1 aromatic rings. The van der Waals surface area contributed by atoms with Crippen LogP contribution in [0.5, 0.6) is 5.75 Å². The van der Waals surface area contributed by atoms with Crippen molar-refractivity contribution in [2.45, 2.75) is 45.4 Å². The van der Waals surface area contributed by atoms with Crippen LogP contribution in [0.2, 0.25) is 0 Å². The van der Waals surface area contributed by atoms with Gasteiger partial charge in [0.25, 0.3) is 0 Å². The summed E-state index contributed by atoms with van der Waals surface area (Å²) >= 11 is 0. The minimum atomic E-state index is 0.680. The zero-order valence-electron chi connectivity index (χ0n) is 10.9. The summed E-state index contributed by atoms with van der Waals surface area (Å²) in [5.41, 5.74) is 0. The van der Waals surface area contributed by atoms with Gasteiger partial charge in [0.1, 0.15) is 0 Å². The average molecular weight is 237 g/mol. The van der Waals surface area contributed by atoms with Gasteiger partial charge in [0.2, 0.25) is 5.95 Å². The van der Waals surface area contributed by atoms with Crippen molar-refractivity contribution in [1.82, 2.24) is 9.97 Å². The number of rotatable bonds is 9. The molecule has 0 saturated carbocycles. The summed E-state index contributed by atoms with van der Waals surface area (Å²) in [5.74, 6) is 1.37. The van der Waals surface area contributed by atoms with E-state index in [2.05, 4.69) is 22.2 Å². The van der Waals surface area contributed by atoms with E-state index in [1.165, 1.54) is 38.5 Å². The van der Waals surface area contributed by atoms with Crippen LogP contribution in [0.15, 0.2) is 12.4 Å². The highest BCUT2D eigenvalue weighted by atomic mass is 16.5. The van der Waals surface area contributed by atoms with E-state index in [9.17, 15) is 0 Å². The van der Waals surface area contributed by atoms with Crippen molar-refractivity contribution in [3.05, 3.63) is 12.4 Å². The number of hydrogen-bond acceptors (Lipinski definition) is 4. The van der Waals surface area contributed by atoms with Gasteiger partial charge in [0, 0.05) is 6.54 Å². The highest BCUT2D eigenvalue weighted by Crippen LogP contribution is 2.08. The fourth-order valence-corrected chi connectivity index (χ4v) is 1.62. The molecule has 0 aromatic carbocycles. The molecule has 4 nitrogen and oxygen atoms in total. The lowest BCUT2D eigenvalue weighted by Gasteiger charge is -2.05. The first-order chi connectivity index (χ1) is 8.36. The summed E-state index contributed by atoms with van der Waals surface area (Å²) in [6.07, 6.45) is 11.2. The van der Waals surface area contributed by atoms with Crippen molar-refractivity contribution in [3.8, 4) is 5.75 Å². The molecule has 1 rings (SSSR count). The molecule has 1 N–H and O–H groups in total. The van der Waals surface area contributed by atoms with Crippen LogP contribution in [0.3, 0.4) is 0 Å². The predicted octanol–water partition coefficient (Wildman–Crippen LogP) is 3.26. The first-order valence-corrected chi connectivity index (χ1v) is 6.46. The van der Waals surface area contributed by atoms with Gasteiger partial charge in [-0.1, -0.05) is 39.0 Å². The Morgan fingerprint density at radius 2 is 1.71 bits per heavy atom. The molecule has 4 heteroatoms. The van der Waals surface area contributed by atoms with E-state index >= 15 is 0 Å². The Morgan fingerprint density at radius 1 is 1.06 bits per heavy atom. The standard InChI is InChI=1S/C13H23N3O/c1-3-4-5-6-7-8-9-14-13-15-10-12(17-2)11-16-13/h10-11H,3-9H2,1-2H3,(H,14,15,16). The Hall–Kier alpha value is -1.32. The zero-order valence-corrected chi connectivity index (χ0v) is 10.9. The van der Waals surface area contributed by atoms with Crippen molar-refractivity contribution >= 4 is 5.95 Å². The molecule has 0 aliphatic heterocycles. The number of nitrogens with zero attached hydrogens (tertiary/aromatic N) is 2. The quantitative estimate of drug-likeness (QED) is 0.670. The van der Waals surface area contributed by atoms with Gasteiger partial charge in [-0.2, -0.15) is 0 Å². The summed E-state index contributed by atoms with van der Waals surface area (Å²) < 4.78 is 5.00. The molecular formula is C13H23N3O. The van der Waals surface area contributed by atoms with E-state index in [1.54, 1.807) is 19.5 Å². The molecule has 0 aliphatic rings. The highest BCUT2D eigenvalue weighted by Gasteiger charge is 1.96. The monoisotopic (exact) mass is 237 g/mol. The number of hydrogen-bond donors (Lipinski definition) is 1. The fraction of sp³-hybridized carbons (Fsp3) is 0.692. The number of methoxy groups -OCH3 is 1. The van der Waals surface area contributed by atoms with E-state index in [1.807, 2.05) is 0 Å². The van der Waals surface area contributed by atoms with E-state index in [4.69, 9.17) is 4.74 Å². The molecule has 17 heavy (non-hydrogen) atoms. The number of unbranched alkanes of at least 4 members (excludes halogenated alkanes) is 5.